The molecule has 20 heavy (non-hydrogen) atoms. The molecule has 5 heteroatoms. The maximum Gasteiger partial charge on any atom is 0.310 e. The molecule has 0 aliphatic heterocycles. The van der Waals surface area contributed by atoms with Crippen molar-refractivity contribution in [3.8, 4) is 0 Å². The van der Waals surface area contributed by atoms with Gasteiger partial charge in [0.25, 0.3) is 0 Å². The number of carbonyl (C=O) groups is 1. The Morgan fingerprint density at radius 2 is 2.15 bits per heavy atom. The predicted octanol–water partition coefficient (Wildman–Crippen LogP) is 4.11. The summed E-state index contributed by atoms with van der Waals surface area (Å²) >= 11 is 3.42. The van der Waals surface area contributed by atoms with Gasteiger partial charge in [-0.2, -0.15) is 0 Å². The molecule has 0 bridgehead atoms. The average Bonchev–Trinajstić information content (AvgIpc) is 3.05. The summed E-state index contributed by atoms with van der Waals surface area (Å²) in [7, 11) is 0. The smallest absolute Gasteiger partial charge is 0.310 e. The third-order valence-electron chi connectivity index (χ3n) is 3.72. The molecule has 1 fully saturated rings. The van der Waals surface area contributed by atoms with Crippen LogP contribution in [-0.4, -0.2) is 12.0 Å². The number of carbonyl (C=O) groups excluding carboxylic acids is 1. The van der Waals surface area contributed by atoms with E-state index in [1.807, 2.05) is 25.1 Å². The first-order chi connectivity index (χ1) is 9.65. The van der Waals surface area contributed by atoms with Crippen LogP contribution in [0.15, 0.2) is 27.1 Å². The van der Waals surface area contributed by atoms with Gasteiger partial charge in [0.1, 0.15) is 5.58 Å². The summed E-state index contributed by atoms with van der Waals surface area (Å²) in [5.74, 6) is -0.00202. The molecular formula is C15H16BrNO3. The fourth-order valence-electron chi connectivity index (χ4n) is 2.60. The van der Waals surface area contributed by atoms with Crippen LogP contribution in [0, 0.1) is 6.92 Å². The number of benzene rings is 1. The van der Waals surface area contributed by atoms with Gasteiger partial charge in [-0.1, -0.05) is 28.8 Å². The van der Waals surface area contributed by atoms with Crippen LogP contribution >= 0.6 is 15.9 Å². The summed E-state index contributed by atoms with van der Waals surface area (Å²) in [6.07, 6.45) is 4.48. The van der Waals surface area contributed by atoms with Crippen molar-refractivity contribution in [3.63, 3.8) is 0 Å². The summed E-state index contributed by atoms with van der Waals surface area (Å²) in [5.41, 5.74) is 4.05. The second kappa shape index (κ2) is 5.58. The van der Waals surface area contributed by atoms with Crippen LogP contribution in [0.25, 0.3) is 11.0 Å². The number of hydroxylamine groups is 1. The summed E-state index contributed by atoms with van der Waals surface area (Å²) < 4.78 is 6.58. The maximum absolute atomic E-state index is 12.1. The molecule has 0 saturated heterocycles. The molecule has 0 atom stereocenters. The van der Waals surface area contributed by atoms with Gasteiger partial charge in [-0.15, -0.1) is 0 Å². The molecule has 4 nitrogen and oxygen atoms in total. The minimum atomic E-state index is -0.318. The largest absolute Gasteiger partial charge is 0.451 e. The van der Waals surface area contributed by atoms with E-state index in [1.54, 1.807) is 0 Å². The maximum atomic E-state index is 12.1. The van der Waals surface area contributed by atoms with Crippen molar-refractivity contribution in [2.45, 2.75) is 38.7 Å². The van der Waals surface area contributed by atoms with Gasteiger partial charge >= 0.3 is 5.91 Å². The molecule has 1 saturated carbocycles. The van der Waals surface area contributed by atoms with Crippen LogP contribution in [0.5, 0.6) is 0 Å². The first-order valence-corrected chi connectivity index (χ1v) is 7.59. The lowest BCUT2D eigenvalue weighted by Crippen LogP contribution is -2.28. The summed E-state index contributed by atoms with van der Waals surface area (Å²) in [6, 6.07) is 5.69. The summed E-state index contributed by atoms with van der Waals surface area (Å²) in [5, 5.41) is 0.936. The van der Waals surface area contributed by atoms with E-state index in [4.69, 9.17) is 9.25 Å². The summed E-state index contributed by atoms with van der Waals surface area (Å²) in [6.45, 7) is 1.88. The van der Waals surface area contributed by atoms with Gasteiger partial charge in [0, 0.05) is 15.4 Å². The molecule has 1 aliphatic rings. The van der Waals surface area contributed by atoms with Crippen molar-refractivity contribution in [2.75, 3.05) is 0 Å². The monoisotopic (exact) mass is 337 g/mol. The first kappa shape index (κ1) is 13.6. The minimum Gasteiger partial charge on any atom is -0.451 e. The number of hydrogen-bond acceptors (Lipinski definition) is 3. The van der Waals surface area contributed by atoms with Crippen LogP contribution in [0.4, 0.5) is 0 Å². The number of amides is 1. The van der Waals surface area contributed by atoms with Crippen molar-refractivity contribution in [1.29, 1.82) is 0 Å². The lowest BCUT2D eigenvalue weighted by atomic mass is 10.1. The zero-order valence-corrected chi connectivity index (χ0v) is 12.8. The number of aryl methyl sites for hydroxylation is 1. The number of halogens is 1. The Morgan fingerprint density at radius 3 is 2.90 bits per heavy atom. The fraction of sp³-hybridized carbons (Fsp3) is 0.400. The molecule has 3 rings (SSSR count). The quantitative estimate of drug-likeness (QED) is 0.857. The highest BCUT2D eigenvalue weighted by molar-refractivity contribution is 9.10. The van der Waals surface area contributed by atoms with Crippen molar-refractivity contribution >= 4 is 32.8 Å². The van der Waals surface area contributed by atoms with E-state index in [0.29, 0.717) is 11.3 Å². The fourth-order valence-corrected chi connectivity index (χ4v) is 2.96. The topological polar surface area (TPSA) is 51.5 Å². The molecule has 0 spiro atoms. The first-order valence-electron chi connectivity index (χ1n) is 6.80. The standard InChI is InChI=1S/C15H16BrNO3/c1-9-12-8-10(16)6-7-13(12)19-14(9)15(18)17-20-11-4-2-3-5-11/h6-8,11H,2-5H2,1H3,(H,17,18). The van der Waals surface area contributed by atoms with Crippen LogP contribution < -0.4 is 5.48 Å². The Hall–Kier alpha value is -1.33. The Labute approximate surface area is 125 Å². The van der Waals surface area contributed by atoms with E-state index in [0.717, 1.165) is 41.1 Å². The molecule has 1 heterocycles. The van der Waals surface area contributed by atoms with E-state index >= 15 is 0 Å². The molecule has 1 N–H and O–H groups in total. The predicted molar refractivity (Wildman–Crippen MR) is 79.5 cm³/mol. The number of hydrogen-bond donors (Lipinski definition) is 1. The van der Waals surface area contributed by atoms with E-state index in [9.17, 15) is 4.79 Å². The third-order valence-corrected chi connectivity index (χ3v) is 4.22. The van der Waals surface area contributed by atoms with Gasteiger partial charge in [0.15, 0.2) is 5.76 Å². The molecule has 2 aromatic rings. The second-order valence-corrected chi connectivity index (χ2v) is 6.07. The molecule has 106 valence electrons. The lowest BCUT2D eigenvalue weighted by molar-refractivity contribution is -0.0138. The van der Waals surface area contributed by atoms with Gasteiger partial charge in [-0.05, 0) is 38.0 Å². The molecule has 1 aliphatic carbocycles. The minimum absolute atomic E-state index is 0.137. The number of fused-ring (bicyclic) bond motifs is 1. The van der Waals surface area contributed by atoms with Crippen LogP contribution in [0.3, 0.4) is 0 Å². The van der Waals surface area contributed by atoms with Crippen molar-refractivity contribution in [2.24, 2.45) is 0 Å². The van der Waals surface area contributed by atoms with Gasteiger partial charge in [0.05, 0.1) is 6.10 Å². The highest BCUT2D eigenvalue weighted by Crippen LogP contribution is 2.28. The van der Waals surface area contributed by atoms with Crippen LogP contribution in [-0.2, 0) is 4.84 Å². The molecule has 1 amide bonds. The van der Waals surface area contributed by atoms with Crippen LogP contribution in [0.1, 0.15) is 41.8 Å². The molecule has 0 radical (unpaired) electrons. The Kier molecular flexibility index (Phi) is 3.81. The Balaban J connectivity index is 1.78. The van der Waals surface area contributed by atoms with E-state index < -0.39 is 0 Å². The van der Waals surface area contributed by atoms with E-state index in [1.165, 1.54) is 0 Å². The second-order valence-electron chi connectivity index (χ2n) is 5.15. The van der Waals surface area contributed by atoms with Gasteiger partial charge in [-0.25, -0.2) is 5.48 Å². The molecule has 1 aromatic heterocycles. The third kappa shape index (κ3) is 2.60. The molecular weight excluding hydrogens is 322 g/mol. The zero-order chi connectivity index (χ0) is 14.1. The lowest BCUT2D eigenvalue weighted by Gasteiger charge is -2.10. The summed E-state index contributed by atoms with van der Waals surface area (Å²) in [4.78, 5) is 17.6. The van der Waals surface area contributed by atoms with E-state index in [-0.39, 0.29) is 12.0 Å². The van der Waals surface area contributed by atoms with Gasteiger partial charge < -0.3 is 4.42 Å². The number of furan rings is 1. The Bertz CT molecular complexity index is 644. The van der Waals surface area contributed by atoms with Crippen molar-refractivity contribution < 1.29 is 14.0 Å². The van der Waals surface area contributed by atoms with Crippen molar-refractivity contribution in [1.82, 2.24) is 5.48 Å². The van der Waals surface area contributed by atoms with E-state index in [2.05, 4.69) is 21.4 Å². The van der Waals surface area contributed by atoms with Crippen molar-refractivity contribution in [3.05, 3.63) is 34.0 Å². The highest BCUT2D eigenvalue weighted by atomic mass is 79.9. The SMILES string of the molecule is Cc1c(C(=O)NOC2CCCC2)oc2ccc(Br)cc12. The van der Waals surface area contributed by atoms with Crippen LogP contribution in [0.2, 0.25) is 0 Å². The molecule has 1 aromatic carbocycles. The van der Waals surface area contributed by atoms with Gasteiger partial charge in [0.2, 0.25) is 0 Å². The zero-order valence-electron chi connectivity index (χ0n) is 11.2. The Morgan fingerprint density at radius 1 is 1.40 bits per heavy atom. The normalized spacial score (nSPS) is 15.9. The number of rotatable bonds is 3. The average molecular weight is 338 g/mol. The number of nitrogens with one attached hydrogen (secondary N) is 1. The highest BCUT2D eigenvalue weighted by Gasteiger charge is 2.21. The molecule has 0 unspecified atom stereocenters. The van der Waals surface area contributed by atoms with Gasteiger partial charge in [-0.3, -0.25) is 9.63 Å².